The van der Waals surface area contributed by atoms with E-state index < -0.39 is 0 Å². The number of hydrogen-bond donors (Lipinski definition) is 1. The van der Waals surface area contributed by atoms with Crippen LogP contribution in [0.3, 0.4) is 0 Å². The Labute approximate surface area is 134 Å². The van der Waals surface area contributed by atoms with Gasteiger partial charge in [0.1, 0.15) is 0 Å². The van der Waals surface area contributed by atoms with Gasteiger partial charge in [-0.25, -0.2) is 0 Å². The minimum Gasteiger partial charge on any atom is -0.304 e. The first-order valence-corrected chi connectivity index (χ1v) is 8.82. The summed E-state index contributed by atoms with van der Waals surface area (Å²) in [5.74, 6) is 1.11. The number of aryl methyl sites for hydroxylation is 2. The van der Waals surface area contributed by atoms with Crippen LogP contribution >= 0.6 is 15.9 Å². The fourth-order valence-corrected chi connectivity index (χ4v) is 4.39. The van der Waals surface area contributed by atoms with Crippen molar-refractivity contribution >= 4 is 21.7 Å². The maximum absolute atomic E-state index is 12.6. The van der Waals surface area contributed by atoms with Crippen LogP contribution in [0.1, 0.15) is 49.9 Å². The highest BCUT2D eigenvalue weighted by molar-refractivity contribution is 9.10. The molecule has 1 N–H and O–H groups in total. The topological polar surface area (TPSA) is 46.9 Å². The molecule has 1 aliphatic carbocycles. The Bertz CT molecular complexity index is 540. The van der Waals surface area contributed by atoms with Gasteiger partial charge in [-0.15, -0.1) is 0 Å². The smallest absolute Gasteiger partial charge is 0.155 e. The molecule has 1 saturated heterocycles. The van der Waals surface area contributed by atoms with Gasteiger partial charge in [-0.2, -0.15) is 5.10 Å². The number of fused-ring (bicyclic) bond motifs is 1. The van der Waals surface area contributed by atoms with Crippen LogP contribution in [0.25, 0.3) is 0 Å². The zero-order valence-corrected chi connectivity index (χ0v) is 14.4. The Morgan fingerprint density at radius 3 is 2.81 bits per heavy atom. The molecular formula is C16H24BrN3O. The van der Waals surface area contributed by atoms with Gasteiger partial charge in [-0.1, -0.05) is 12.8 Å². The Morgan fingerprint density at radius 1 is 1.33 bits per heavy atom. The number of carbonyl (C=O) groups excluding carboxylic acids is 1. The fraction of sp³-hybridized carbons (Fsp3) is 0.750. The van der Waals surface area contributed by atoms with Gasteiger partial charge in [0.05, 0.1) is 28.3 Å². The Hall–Kier alpha value is -0.680. The van der Waals surface area contributed by atoms with E-state index in [4.69, 9.17) is 0 Å². The molecule has 2 aliphatic rings. The van der Waals surface area contributed by atoms with Crippen molar-refractivity contribution < 1.29 is 4.79 Å². The maximum atomic E-state index is 12.6. The van der Waals surface area contributed by atoms with E-state index in [1.54, 1.807) is 0 Å². The Morgan fingerprint density at radius 2 is 2.10 bits per heavy atom. The summed E-state index contributed by atoms with van der Waals surface area (Å²) in [6, 6.07) is 0.602. The quantitative estimate of drug-likeness (QED) is 0.908. The van der Waals surface area contributed by atoms with Crippen molar-refractivity contribution in [3.8, 4) is 0 Å². The van der Waals surface area contributed by atoms with Crippen molar-refractivity contribution in [2.45, 2.75) is 64.0 Å². The molecule has 1 saturated carbocycles. The normalized spacial score (nSPS) is 29.2. The van der Waals surface area contributed by atoms with Crippen LogP contribution in [0.2, 0.25) is 0 Å². The molecule has 116 valence electrons. The largest absolute Gasteiger partial charge is 0.304 e. The number of nitrogens with zero attached hydrogens (tertiary/aromatic N) is 2. The lowest BCUT2D eigenvalue weighted by Crippen LogP contribution is -2.52. The van der Waals surface area contributed by atoms with E-state index in [-0.39, 0.29) is 6.04 Å². The summed E-state index contributed by atoms with van der Waals surface area (Å²) in [5.41, 5.74) is 1.94. The van der Waals surface area contributed by atoms with Crippen molar-refractivity contribution in [1.29, 1.82) is 0 Å². The number of aromatic nitrogens is 2. The first-order chi connectivity index (χ1) is 10.1. The Kier molecular flexibility index (Phi) is 4.50. The number of hydrogen-bond acceptors (Lipinski definition) is 3. The molecule has 1 aliphatic heterocycles. The first-order valence-electron chi connectivity index (χ1n) is 8.03. The van der Waals surface area contributed by atoms with Gasteiger partial charge < -0.3 is 5.32 Å². The molecule has 3 rings (SSSR count). The number of halogens is 1. The summed E-state index contributed by atoms with van der Waals surface area (Å²) >= 11 is 3.55. The number of piperidine rings is 1. The van der Waals surface area contributed by atoms with Crippen LogP contribution in [0.5, 0.6) is 0 Å². The molecule has 5 heteroatoms. The lowest BCUT2D eigenvalue weighted by molar-refractivity contribution is -0.121. The van der Waals surface area contributed by atoms with Gasteiger partial charge in [-0.05, 0) is 54.5 Å². The van der Waals surface area contributed by atoms with E-state index in [1.807, 2.05) is 18.7 Å². The average Bonchev–Trinajstić information content (AvgIpc) is 2.73. The second-order valence-electron chi connectivity index (χ2n) is 6.56. The van der Waals surface area contributed by atoms with E-state index in [9.17, 15) is 4.79 Å². The fourth-order valence-electron chi connectivity index (χ4n) is 3.91. The third kappa shape index (κ3) is 3.09. The molecule has 0 bridgehead atoms. The maximum Gasteiger partial charge on any atom is 0.155 e. The van der Waals surface area contributed by atoms with Crippen LogP contribution in [-0.4, -0.2) is 27.6 Å². The molecule has 3 unspecified atom stereocenters. The predicted molar refractivity (Wildman–Crippen MR) is 86.3 cm³/mol. The minimum atomic E-state index is 0.0338. The number of nitrogens with one attached hydrogen (secondary N) is 1. The summed E-state index contributed by atoms with van der Waals surface area (Å²) in [6.45, 7) is 1.96. The van der Waals surface area contributed by atoms with Gasteiger partial charge in [0.15, 0.2) is 5.78 Å². The highest BCUT2D eigenvalue weighted by atomic mass is 79.9. The number of rotatable bonds is 3. The highest BCUT2D eigenvalue weighted by Gasteiger charge is 2.34. The summed E-state index contributed by atoms with van der Waals surface area (Å²) in [7, 11) is 1.91. The van der Waals surface area contributed by atoms with E-state index in [1.165, 1.54) is 32.1 Å². The standard InChI is InChI=1S/C16H24BrN3O/c1-10-16(17)14(20(2)19-10)9-15(21)13-8-7-11-5-3-4-6-12(11)18-13/h11-13,18H,3-9H2,1-2H3. The molecule has 1 aromatic heterocycles. The zero-order valence-electron chi connectivity index (χ0n) is 12.9. The van der Waals surface area contributed by atoms with Crippen LogP contribution in [0.15, 0.2) is 4.47 Å². The molecule has 0 spiro atoms. The van der Waals surface area contributed by atoms with E-state index >= 15 is 0 Å². The van der Waals surface area contributed by atoms with Gasteiger partial charge in [0, 0.05) is 13.1 Å². The SMILES string of the molecule is Cc1nn(C)c(CC(=O)C2CCC3CCCCC3N2)c1Br. The van der Waals surface area contributed by atoms with Crippen LogP contribution in [0, 0.1) is 12.8 Å². The average molecular weight is 354 g/mol. The molecular weight excluding hydrogens is 330 g/mol. The van der Waals surface area contributed by atoms with Crippen LogP contribution < -0.4 is 5.32 Å². The summed E-state index contributed by atoms with van der Waals surface area (Å²) in [4.78, 5) is 12.6. The molecule has 3 atom stereocenters. The van der Waals surface area contributed by atoms with Crippen LogP contribution in [0.4, 0.5) is 0 Å². The van der Waals surface area contributed by atoms with Gasteiger partial charge in [-0.3, -0.25) is 9.48 Å². The molecule has 2 heterocycles. The monoisotopic (exact) mass is 353 g/mol. The van der Waals surface area contributed by atoms with Crippen LogP contribution in [-0.2, 0) is 18.3 Å². The highest BCUT2D eigenvalue weighted by Crippen LogP contribution is 2.32. The van der Waals surface area contributed by atoms with Gasteiger partial charge in [0.2, 0.25) is 0 Å². The third-order valence-corrected chi connectivity index (χ3v) is 6.17. The number of Topliss-reactive ketones (excluding diaryl/α,β-unsaturated/α-hetero) is 1. The summed E-state index contributed by atoms with van der Waals surface area (Å²) in [6.07, 6.45) is 7.92. The third-order valence-electron chi connectivity index (χ3n) is 5.14. The summed E-state index contributed by atoms with van der Waals surface area (Å²) in [5, 5.41) is 8.00. The lowest BCUT2D eigenvalue weighted by atomic mass is 9.77. The molecule has 4 nitrogen and oxygen atoms in total. The number of carbonyl (C=O) groups is 1. The van der Waals surface area contributed by atoms with Gasteiger partial charge in [0.25, 0.3) is 0 Å². The minimum absolute atomic E-state index is 0.0338. The Balaban J connectivity index is 1.65. The van der Waals surface area contributed by atoms with Crippen molar-refractivity contribution in [1.82, 2.24) is 15.1 Å². The second kappa shape index (κ2) is 6.21. The van der Waals surface area contributed by atoms with E-state index in [2.05, 4.69) is 26.3 Å². The van der Waals surface area contributed by atoms with Crippen molar-refractivity contribution in [3.05, 3.63) is 15.9 Å². The van der Waals surface area contributed by atoms with Crippen molar-refractivity contribution in [2.24, 2.45) is 13.0 Å². The molecule has 1 aromatic rings. The van der Waals surface area contributed by atoms with E-state index in [0.29, 0.717) is 18.2 Å². The van der Waals surface area contributed by atoms with Gasteiger partial charge >= 0.3 is 0 Å². The summed E-state index contributed by atoms with van der Waals surface area (Å²) < 4.78 is 2.80. The zero-order chi connectivity index (χ0) is 15.0. The lowest BCUT2D eigenvalue weighted by Gasteiger charge is -2.40. The second-order valence-corrected chi connectivity index (χ2v) is 7.35. The molecule has 21 heavy (non-hydrogen) atoms. The number of ketones is 1. The predicted octanol–water partition coefficient (Wildman–Crippen LogP) is 2.91. The van der Waals surface area contributed by atoms with Crippen molar-refractivity contribution in [3.63, 3.8) is 0 Å². The van der Waals surface area contributed by atoms with Crippen molar-refractivity contribution in [2.75, 3.05) is 0 Å². The molecule has 0 radical (unpaired) electrons. The molecule has 0 amide bonds. The molecule has 2 fully saturated rings. The molecule has 0 aromatic carbocycles. The first kappa shape index (κ1) is 15.2. The van der Waals surface area contributed by atoms with E-state index in [0.717, 1.165) is 28.2 Å².